The number of rotatable bonds is 1. The molecule has 4 N–H and O–H groups in total. The summed E-state index contributed by atoms with van der Waals surface area (Å²) in [4.78, 5) is 3.71. The maximum Gasteiger partial charge on any atom is 0.239 e. The Morgan fingerprint density at radius 1 is 1.43 bits per heavy atom. The van der Waals surface area contributed by atoms with Crippen molar-refractivity contribution in [2.45, 2.75) is 0 Å². The van der Waals surface area contributed by atoms with Crippen LogP contribution in [0.25, 0.3) is 11.4 Å². The summed E-state index contributed by atoms with van der Waals surface area (Å²) in [6, 6.07) is 3.97. The van der Waals surface area contributed by atoms with Crippen LogP contribution in [0.1, 0.15) is 0 Å². The summed E-state index contributed by atoms with van der Waals surface area (Å²) >= 11 is 0. The van der Waals surface area contributed by atoms with Crippen molar-refractivity contribution in [3.8, 4) is 17.1 Å². The highest BCUT2D eigenvalue weighted by Gasteiger charge is 2.13. The Kier molecular flexibility index (Phi) is 1.81. The van der Waals surface area contributed by atoms with E-state index >= 15 is 0 Å². The number of benzene rings is 1. The third-order valence-corrected chi connectivity index (χ3v) is 1.73. The average molecular weight is 194 g/mol. The molecule has 2 aromatic rings. The van der Waals surface area contributed by atoms with Crippen molar-refractivity contribution >= 4 is 5.95 Å². The number of hydrogen-bond donors (Lipinski definition) is 3. The zero-order chi connectivity index (χ0) is 10.1. The number of phenolic OH excluding ortho intramolecular Hbond substituents is 1. The molecule has 0 aliphatic rings. The van der Waals surface area contributed by atoms with E-state index in [0.29, 0.717) is 0 Å². The first-order chi connectivity index (χ1) is 6.68. The smallest absolute Gasteiger partial charge is 0.239 e. The molecule has 72 valence electrons. The van der Waals surface area contributed by atoms with Crippen LogP contribution in [-0.2, 0) is 0 Å². The third kappa shape index (κ3) is 1.26. The van der Waals surface area contributed by atoms with Gasteiger partial charge in [-0.3, -0.25) is 5.10 Å². The van der Waals surface area contributed by atoms with Crippen molar-refractivity contribution in [1.82, 2.24) is 15.2 Å². The van der Waals surface area contributed by atoms with E-state index in [2.05, 4.69) is 15.2 Å². The van der Waals surface area contributed by atoms with Gasteiger partial charge in [0.25, 0.3) is 0 Å². The van der Waals surface area contributed by atoms with Crippen molar-refractivity contribution < 1.29 is 9.50 Å². The molecule has 6 heteroatoms. The molecule has 5 nitrogen and oxygen atoms in total. The number of nitrogens with one attached hydrogen (secondary N) is 1. The Labute approximate surface area is 78.4 Å². The minimum Gasteiger partial charge on any atom is -0.507 e. The van der Waals surface area contributed by atoms with Gasteiger partial charge in [0.05, 0.1) is 5.56 Å². The van der Waals surface area contributed by atoms with E-state index in [1.54, 1.807) is 0 Å². The molecule has 14 heavy (non-hydrogen) atoms. The molecule has 0 aliphatic carbocycles. The van der Waals surface area contributed by atoms with Crippen LogP contribution in [0.4, 0.5) is 10.3 Å². The lowest BCUT2D eigenvalue weighted by atomic mass is 10.2. The van der Waals surface area contributed by atoms with Crippen LogP contribution in [-0.4, -0.2) is 20.3 Å². The number of hydrogen-bond acceptors (Lipinski definition) is 4. The second-order valence-electron chi connectivity index (χ2n) is 2.68. The fourth-order valence-electron chi connectivity index (χ4n) is 1.13. The van der Waals surface area contributed by atoms with E-state index in [0.717, 1.165) is 0 Å². The number of nitrogens with two attached hydrogens (primary N) is 1. The first-order valence-electron chi connectivity index (χ1n) is 3.84. The lowest BCUT2D eigenvalue weighted by molar-refractivity contribution is 0.471. The molecule has 0 unspecified atom stereocenters. The molecule has 0 aliphatic heterocycles. The molecule has 0 saturated heterocycles. The highest BCUT2D eigenvalue weighted by Crippen LogP contribution is 2.28. The number of aromatic hydroxyl groups is 1. The second kappa shape index (κ2) is 2.99. The maximum absolute atomic E-state index is 13.3. The van der Waals surface area contributed by atoms with Crippen molar-refractivity contribution in [2.75, 3.05) is 5.73 Å². The van der Waals surface area contributed by atoms with Gasteiger partial charge in [0.1, 0.15) is 11.6 Å². The van der Waals surface area contributed by atoms with Gasteiger partial charge in [-0.2, -0.15) is 4.98 Å². The van der Waals surface area contributed by atoms with Crippen LogP contribution in [0.15, 0.2) is 18.2 Å². The Bertz CT molecular complexity index is 448. The van der Waals surface area contributed by atoms with Crippen LogP contribution >= 0.6 is 0 Å². The van der Waals surface area contributed by atoms with Crippen molar-refractivity contribution in [3.05, 3.63) is 24.0 Å². The summed E-state index contributed by atoms with van der Waals surface area (Å²) in [6.07, 6.45) is 0. The monoisotopic (exact) mass is 194 g/mol. The van der Waals surface area contributed by atoms with Gasteiger partial charge in [-0.05, 0) is 12.1 Å². The molecule has 0 radical (unpaired) electrons. The summed E-state index contributed by atoms with van der Waals surface area (Å²) in [5, 5.41) is 15.3. The zero-order valence-corrected chi connectivity index (χ0v) is 7.03. The van der Waals surface area contributed by atoms with E-state index in [-0.39, 0.29) is 23.1 Å². The topological polar surface area (TPSA) is 87.8 Å². The molecule has 1 aromatic heterocycles. The van der Waals surface area contributed by atoms with E-state index in [9.17, 15) is 9.50 Å². The van der Waals surface area contributed by atoms with Crippen LogP contribution in [0.2, 0.25) is 0 Å². The van der Waals surface area contributed by atoms with Gasteiger partial charge in [-0.1, -0.05) is 6.07 Å². The molecule has 0 fully saturated rings. The quantitative estimate of drug-likeness (QED) is 0.629. The molecular weight excluding hydrogens is 187 g/mol. The predicted molar refractivity (Wildman–Crippen MR) is 47.9 cm³/mol. The SMILES string of the molecule is Nc1n[nH]c(-c2c(O)cccc2F)n1. The molecule has 1 aromatic carbocycles. The highest BCUT2D eigenvalue weighted by molar-refractivity contribution is 5.64. The fourth-order valence-corrected chi connectivity index (χ4v) is 1.13. The molecule has 2 rings (SSSR count). The van der Waals surface area contributed by atoms with Gasteiger partial charge in [0, 0.05) is 0 Å². The summed E-state index contributed by atoms with van der Waals surface area (Å²) in [5.74, 6) is -0.678. The number of H-pyrrole nitrogens is 1. The van der Waals surface area contributed by atoms with E-state index in [4.69, 9.17) is 5.73 Å². The minimum absolute atomic E-state index is 0.00246. The van der Waals surface area contributed by atoms with E-state index < -0.39 is 5.82 Å². The first-order valence-corrected chi connectivity index (χ1v) is 3.84. The predicted octanol–water partition coefficient (Wildman–Crippen LogP) is 0.899. The largest absolute Gasteiger partial charge is 0.507 e. The number of nitrogens with zero attached hydrogens (tertiary/aromatic N) is 2. The van der Waals surface area contributed by atoms with Gasteiger partial charge in [0.15, 0.2) is 5.82 Å². The summed E-state index contributed by atoms with van der Waals surface area (Å²) in [7, 11) is 0. The number of aromatic amines is 1. The molecular formula is C8H7FN4O. The zero-order valence-electron chi connectivity index (χ0n) is 7.03. The van der Waals surface area contributed by atoms with Gasteiger partial charge < -0.3 is 10.8 Å². The molecule has 0 spiro atoms. The van der Waals surface area contributed by atoms with Crippen molar-refractivity contribution in [1.29, 1.82) is 0 Å². The summed E-state index contributed by atoms with van der Waals surface area (Å²) < 4.78 is 13.3. The van der Waals surface area contributed by atoms with Crippen LogP contribution in [0, 0.1) is 5.82 Å². The van der Waals surface area contributed by atoms with E-state index in [1.807, 2.05) is 0 Å². The summed E-state index contributed by atoms with van der Waals surface area (Å²) in [5.41, 5.74) is 5.23. The van der Waals surface area contributed by atoms with Crippen molar-refractivity contribution in [3.63, 3.8) is 0 Å². The standard InChI is InChI=1S/C8H7FN4O/c9-4-2-1-3-5(14)6(4)7-11-8(10)13-12-7/h1-3,14H,(H3,10,11,12,13). The Morgan fingerprint density at radius 2 is 2.21 bits per heavy atom. The maximum atomic E-state index is 13.3. The van der Waals surface area contributed by atoms with Crippen molar-refractivity contribution in [2.24, 2.45) is 0 Å². The number of nitrogen functional groups attached to an aromatic ring is 1. The van der Waals surface area contributed by atoms with E-state index in [1.165, 1.54) is 18.2 Å². The number of phenols is 1. The van der Waals surface area contributed by atoms with Gasteiger partial charge in [-0.25, -0.2) is 4.39 Å². The second-order valence-corrected chi connectivity index (χ2v) is 2.68. The number of anilines is 1. The third-order valence-electron chi connectivity index (χ3n) is 1.73. The van der Waals surface area contributed by atoms with Crippen LogP contribution in [0.3, 0.4) is 0 Å². The number of halogens is 1. The normalized spacial score (nSPS) is 10.4. The molecule has 0 amide bonds. The average Bonchev–Trinajstić information content (AvgIpc) is 2.51. The summed E-state index contributed by atoms with van der Waals surface area (Å²) in [6.45, 7) is 0. The number of aromatic nitrogens is 3. The Hall–Kier alpha value is -2.11. The highest BCUT2D eigenvalue weighted by atomic mass is 19.1. The molecule has 0 saturated carbocycles. The Balaban J connectivity index is 2.61. The first kappa shape index (κ1) is 8.49. The minimum atomic E-state index is -0.582. The van der Waals surface area contributed by atoms with Gasteiger partial charge in [0.2, 0.25) is 5.95 Å². The lowest BCUT2D eigenvalue weighted by Crippen LogP contribution is -1.88. The lowest BCUT2D eigenvalue weighted by Gasteiger charge is -2.00. The molecule has 1 heterocycles. The molecule has 0 atom stereocenters. The van der Waals surface area contributed by atoms with Gasteiger partial charge >= 0.3 is 0 Å². The van der Waals surface area contributed by atoms with Gasteiger partial charge in [-0.15, -0.1) is 5.10 Å². The van der Waals surface area contributed by atoms with Crippen LogP contribution < -0.4 is 5.73 Å². The fraction of sp³-hybridized carbons (Fsp3) is 0. The van der Waals surface area contributed by atoms with Crippen LogP contribution in [0.5, 0.6) is 5.75 Å². The Morgan fingerprint density at radius 3 is 2.79 bits per heavy atom. The molecule has 0 bridgehead atoms.